The van der Waals surface area contributed by atoms with E-state index < -0.39 is 0 Å². The van der Waals surface area contributed by atoms with Crippen LogP contribution in [0, 0.1) is 0 Å². The molecule has 80 valence electrons. The van der Waals surface area contributed by atoms with Crippen LogP contribution in [0.15, 0.2) is 0 Å². The van der Waals surface area contributed by atoms with E-state index in [2.05, 4.69) is 4.37 Å². The van der Waals surface area contributed by atoms with Crippen LogP contribution in [0.2, 0.25) is 0 Å². The van der Waals surface area contributed by atoms with Gasteiger partial charge in [0.1, 0.15) is 0 Å². The number of hydrogen-bond acceptors (Lipinski definition) is 6. The second-order valence-electron chi connectivity index (χ2n) is 2.82. The van der Waals surface area contributed by atoms with Gasteiger partial charge in [0.05, 0.1) is 13.7 Å². The molecule has 0 aliphatic heterocycles. The van der Waals surface area contributed by atoms with Crippen LogP contribution < -0.4 is 15.4 Å². The molecule has 0 aromatic carbocycles. The zero-order chi connectivity index (χ0) is 10.6. The maximum absolute atomic E-state index is 5.63. The van der Waals surface area contributed by atoms with Crippen molar-refractivity contribution in [3.05, 3.63) is 0 Å². The van der Waals surface area contributed by atoms with Gasteiger partial charge in [0.15, 0.2) is 16.6 Å². The number of anilines is 2. The van der Waals surface area contributed by atoms with E-state index >= 15 is 0 Å². The number of ether oxygens (including phenoxy) is 2. The summed E-state index contributed by atoms with van der Waals surface area (Å²) in [6.45, 7) is 1.45. The fourth-order valence-corrected chi connectivity index (χ4v) is 1.82. The topological polar surface area (TPSA) is 60.6 Å². The van der Waals surface area contributed by atoms with Crippen LogP contribution in [0.1, 0.15) is 0 Å². The van der Waals surface area contributed by atoms with E-state index in [0.717, 1.165) is 11.5 Å². The third-order valence-corrected chi connectivity index (χ3v) is 2.80. The van der Waals surface area contributed by atoms with Gasteiger partial charge in [-0.25, -0.2) is 0 Å². The van der Waals surface area contributed by atoms with E-state index in [-0.39, 0.29) is 0 Å². The van der Waals surface area contributed by atoms with Gasteiger partial charge < -0.3 is 20.1 Å². The Hall–Kier alpha value is -1.01. The van der Waals surface area contributed by atoms with Gasteiger partial charge in [-0.1, -0.05) is 0 Å². The van der Waals surface area contributed by atoms with E-state index in [1.807, 2.05) is 11.9 Å². The lowest BCUT2D eigenvalue weighted by atomic mass is 10.5. The summed E-state index contributed by atoms with van der Waals surface area (Å²) in [5.41, 5.74) is 5.63. The Balaban J connectivity index is 2.73. The summed E-state index contributed by atoms with van der Waals surface area (Å²) in [5.74, 6) is 1.09. The van der Waals surface area contributed by atoms with Crippen LogP contribution in [0.5, 0.6) is 5.75 Å². The molecule has 0 fully saturated rings. The average molecular weight is 217 g/mol. The highest BCUT2D eigenvalue weighted by atomic mass is 32.1. The first kappa shape index (κ1) is 11.1. The van der Waals surface area contributed by atoms with Crippen LogP contribution in [0.3, 0.4) is 0 Å². The standard InChI is InChI=1S/C8H15N3O2S/c1-11(4-5-12-2)8-6(13-3)7(9)10-14-8/h4-5H2,1-3H3,(H2,9,10). The minimum absolute atomic E-state index is 0.441. The summed E-state index contributed by atoms with van der Waals surface area (Å²) >= 11 is 1.33. The quantitative estimate of drug-likeness (QED) is 0.791. The molecule has 6 heteroatoms. The van der Waals surface area contributed by atoms with Crippen molar-refractivity contribution in [3.8, 4) is 5.75 Å². The number of nitrogens with zero attached hydrogens (tertiary/aromatic N) is 2. The normalized spacial score (nSPS) is 10.2. The van der Waals surface area contributed by atoms with Crippen molar-refractivity contribution in [1.29, 1.82) is 0 Å². The molecule has 0 aliphatic rings. The zero-order valence-electron chi connectivity index (χ0n) is 8.61. The lowest BCUT2D eigenvalue weighted by Gasteiger charge is -2.16. The van der Waals surface area contributed by atoms with Crippen molar-refractivity contribution in [3.63, 3.8) is 0 Å². The number of likely N-dealkylation sites (N-methyl/N-ethyl adjacent to an activating group) is 1. The summed E-state index contributed by atoms with van der Waals surface area (Å²) in [6, 6.07) is 0. The van der Waals surface area contributed by atoms with Crippen LogP contribution in [0.25, 0.3) is 0 Å². The largest absolute Gasteiger partial charge is 0.490 e. The SMILES string of the molecule is COCCN(C)c1snc(N)c1OC. The van der Waals surface area contributed by atoms with Crippen molar-refractivity contribution in [2.24, 2.45) is 0 Å². The Labute approximate surface area is 87.6 Å². The first-order valence-corrected chi connectivity index (χ1v) is 4.97. The number of methoxy groups -OCH3 is 2. The molecule has 5 nitrogen and oxygen atoms in total. The molecule has 1 aromatic heterocycles. The van der Waals surface area contributed by atoms with Gasteiger partial charge in [0.2, 0.25) is 0 Å². The highest BCUT2D eigenvalue weighted by molar-refractivity contribution is 7.11. The predicted molar refractivity (Wildman–Crippen MR) is 58.2 cm³/mol. The van der Waals surface area contributed by atoms with Gasteiger partial charge in [-0.3, -0.25) is 0 Å². The second kappa shape index (κ2) is 5.02. The number of hydrogen-bond donors (Lipinski definition) is 1. The van der Waals surface area contributed by atoms with E-state index in [4.69, 9.17) is 15.2 Å². The van der Waals surface area contributed by atoms with E-state index in [9.17, 15) is 0 Å². The molecule has 1 aromatic rings. The van der Waals surface area contributed by atoms with E-state index in [0.29, 0.717) is 18.2 Å². The van der Waals surface area contributed by atoms with Gasteiger partial charge in [-0.2, -0.15) is 4.37 Å². The lowest BCUT2D eigenvalue weighted by molar-refractivity contribution is 0.206. The summed E-state index contributed by atoms with van der Waals surface area (Å²) in [6.07, 6.45) is 0. The van der Waals surface area contributed by atoms with Gasteiger partial charge in [0.25, 0.3) is 0 Å². The Morgan fingerprint density at radius 2 is 2.21 bits per heavy atom. The summed E-state index contributed by atoms with van der Waals surface area (Å²) in [5, 5.41) is 0.932. The third-order valence-electron chi connectivity index (χ3n) is 1.84. The van der Waals surface area contributed by atoms with Gasteiger partial charge >= 0.3 is 0 Å². The Morgan fingerprint density at radius 1 is 1.50 bits per heavy atom. The molecule has 0 atom stereocenters. The summed E-state index contributed by atoms with van der Waals surface area (Å²) in [4.78, 5) is 2.01. The molecule has 0 unspecified atom stereocenters. The monoisotopic (exact) mass is 217 g/mol. The molecule has 0 spiro atoms. The molecule has 0 aliphatic carbocycles. The molecule has 1 rings (SSSR count). The van der Waals surface area contributed by atoms with Gasteiger partial charge in [-0.05, 0) is 11.5 Å². The minimum atomic E-state index is 0.441. The Kier molecular flexibility index (Phi) is 3.97. The van der Waals surface area contributed by atoms with Crippen molar-refractivity contribution in [2.45, 2.75) is 0 Å². The lowest BCUT2D eigenvalue weighted by Crippen LogP contribution is -2.21. The van der Waals surface area contributed by atoms with Gasteiger partial charge in [-0.15, -0.1) is 0 Å². The van der Waals surface area contributed by atoms with Crippen LogP contribution in [-0.4, -0.2) is 38.8 Å². The van der Waals surface area contributed by atoms with Gasteiger partial charge in [0, 0.05) is 20.7 Å². The fraction of sp³-hybridized carbons (Fsp3) is 0.625. The zero-order valence-corrected chi connectivity index (χ0v) is 9.43. The molecule has 0 amide bonds. The molecule has 14 heavy (non-hydrogen) atoms. The van der Waals surface area contributed by atoms with Crippen molar-refractivity contribution >= 4 is 22.4 Å². The molecule has 2 N–H and O–H groups in total. The highest BCUT2D eigenvalue weighted by Crippen LogP contribution is 2.36. The first-order chi connectivity index (χ1) is 6.70. The second-order valence-corrected chi connectivity index (χ2v) is 3.57. The maximum atomic E-state index is 5.63. The maximum Gasteiger partial charge on any atom is 0.197 e. The number of nitrogen functional groups attached to an aromatic ring is 1. The molecule has 0 saturated heterocycles. The number of rotatable bonds is 5. The highest BCUT2D eigenvalue weighted by Gasteiger charge is 2.15. The average Bonchev–Trinajstić information content (AvgIpc) is 2.55. The molecular formula is C8H15N3O2S. The Bertz CT molecular complexity index is 290. The van der Waals surface area contributed by atoms with E-state index in [1.54, 1.807) is 14.2 Å². The van der Waals surface area contributed by atoms with Crippen LogP contribution >= 0.6 is 11.5 Å². The predicted octanol–water partition coefficient (Wildman–Crippen LogP) is 0.817. The number of nitrogens with two attached hydrogens (primary N) is 1. The molecule has 0 bridgehead atoms. The molecular weight excluding hydrogens is 202 g/mol. The first-order valence-electron chi connectivity index (χ1n) is 4.20. The minimum Gasteiger partial charge on any atom is -0.490 e. The summed E-state index contributed by atoms with van der Waals surface area (Å²) in [7, 11) is 5.22. The summed E-state index contributed by atoms with van der Waals surface area (Å²) < 4.78 is 14.2. The fourth-order valence-electron chi connectivity index (χ4n) is 1.05. The Morgan fingerprint density at radius 3 is 2.79 bits per heavy atom. The van der Waals surface area contributed by atoms with Crippen molar-refractivity contribution < 1.29 is 9.47 Å². The molecule has 0 radical (unpaired) electrons. The van der Waals surface area contributed by atoms with Crippen LogP contribution in [-0.2, 0) is 4.74 Å². The number of aromatic nitrogens is 1. The van der Waals surface area contributed by atoms with Crippen LogP contribution in [0.4, 0.5) is 10.8 Å². The van der Waals surface area contributed by atoms with E-state index in [1.165, 1.54) is 11.5 Å². The molecule has 1 heterocycles. The van der Waals surface area contributed by atoms with Crippen molar-refractivity contribution in [2.75, 3.05) is 45.1 Å². The third kappa shape index (κ3) is 2.27. The molecule has 0 saturated carbocycles. The smallest absolute Gasteiger partial charge is 0.197 e. The van der Waals surface area contributed by atoms with Crippen molar-refractivity contribution in [1.82, 2.24) is 4.37 Å².